The number of aryl methyl sites for hydroxylation is 2. The average molecular weight is 290 g/mol. The monoisotopic (exact) mass is 290 g/mol. The van der Waals surface area contributed by atoms with Gasteiger partial charge < -0.3 is 5.32 Å². The van der Waals surface area contributed by atoms with Crippen molar-refractivity contribution < 1.29 is 4.92 Å². The number of hydrogen-bond donors (Lipinski definition) is 1. The van der Waals surface area contributed by atoms with E-state index in [-0.39, 0.29) is 16.1 Å². The molecule has 1 heterocycles. The second-order valence-corrected chi connectivity index (χ2v) is 7.49. The molecule has 6 nitrogen and oxygen atoms in total. The Labute approximate surface area is 124 Å². The maximum absolute atomic E-state index is 11.4. The number of nitrogens with one attached hydrogen (secondary N) is 1. The molecule has 4 aliphatic rings. The van der Waals surface area contributed by atoms with E-state index in [1.807, 2.05) is 0 Å². The highest BCUT2D eigenvalue weighted by Crippen LogP contribution is 2.57. The van der Waals surface area contributed by atoms with Gasteiger partial charge in [0.25, 0.3) is 0 Å². The maximum Gasteiger partial charge on any atom is 0.333 e. The third-order valence-electron chi connectivity index (χ3n) is 5.79. The van der Waals surface area contributed by atoms with Crippen molar-refractivity contribution in [1.29, 1.82) is 0 Å². The molecule has 6 heteroatoms. The molecule has 4 fully saturated rings. The van der Waals surface area contributed by atoms with Crippen LogP contribution in [0.2, 0.25) is 0 Å². The number of nitro groups is 1. The molecule has 4 aliphatic carbocycles. The molecule has 1 aromatic heterocycles. The van der Waals surface area contributed by atoms with Crippen molar-refractivity contribution in [3.63, 3.8) is 0 Å². The Kier molecular flexibility index (Phi) is 2.63. The number of aromatic nitrogens is 2. The minimum atomic E-state index is -0.300. The van der Waals surface area contributed by atoms with Gasteiger partial charge in [-0.15, -0.1) is 0 Å². The minimum Gasteiger partial charge on any atom is -0.359 e. The molecule has 21 heavy (non-hydrogen) atoms. The molecule has 114 valence electrons. The SMILES string of the molecule is Cc1nn(C)c(NC23CC4CC(CC(C4)C2)C3)c1[N+](=O)[O-]. The zero-order valence-corrected chi connectivity index (χ0v) is 12.6. The fourth-order valence-electron chi connectivity index (χ4n) is 5.52. The zero-order chi connectivity index (χ0) is 14.8. The molecule has 1 N–H and O–H groups in total. The van der Waals surface area contributed by atoms with Gasteiger partial charge in [-0.2, -0.15) is 5.10 Å². The molecule has 1 aromatic rings. The highest BCUT2D eigenvalue weighted by molar-refractivity contribution is 5.61. The van der Waals surface area contributed by atoms with Crippen LogP contribution in [0.15, 0.2) is 0 Å². The normalized spacial score (nSPS) is 37.0. The number of anilines is 1. The summed E-state index contributed by atoms with van der Waals surface area (Å²) in [5.41, 5.74) is 0.711. The van der Waals surface area contributed by atoms with Gasteiger partial charge in [-0.3, -0.25) is 10.1 Å². The van der Waals surface area contributed by atoms with Crippen molar-refractivity contribution in [2.24, 2.45) is 24.8 Å². The van der Waals surface area contributed by atoms with Gasteiger partial charge in [-0.05, 0) is 63.2 Å². The first kappa shape index (κ1) is 13.1. The average Bonchev–Trinajstić information content (AvgIpc) is 2.61. The Bertz CT molecular complexity index is 572. The fourth-order valence-corrected chi connectivity index (χ4v) is 5.52. The van der Waals surface area contributed by atoms with Crippen molar-refractivity contribution in [2.75, 3.05) is 5.32 Å². The van der Waals surface area contributed by atoms with Gasteiger partial charge in [0, 0.05) is 12.6 Å². The van der Waals surface area contributed by atoms with E-state index in [0.29, 0.717) is 11.5 Å². The summed E-state index contributed by atoms with van der Waals surface area (Å²) < 4.78 is 1.64. The lowest BCUT2D eigenvalue weighted by Crippen LogP contribution is -2.55. The quantitative estimate of drug-likeness (QED) is 0.686. The number of rotatable bonds is 3. The van der Waals surface area contributed by atoms with Gasteiger partial charge >= 0.3 is 5.69 Å². The van der Waals surface area contributed by atoms with Crippen LogP contribution in [0.5, 0.6) is 0 Å². The van der Waals surface area contributed by atoms with Crippen LogP contribution in [0.4, 0.5) is 11.5 Å². The van der Waals surface area contributed by atoms with Crippen molar-refractivity contribution in [2.45, 2.75) is 51.0 Å². The van der Waals surface area contributed by atoms with Gasteiger partial charge in [0.05, 0.1) is 4.92 Å². The first-order valence-corrected chi connectivity index (χ1v) is 7.92. The minimum absolute atomic E-state index is 0.0692. The highest BCUT2D eigenvalue weighted by Gasteiger charge is 2.51. The Balaban J connectivity index is 1.69. The van der Waals surface area contributed by atoms with Crippen LogP contribution in [0.1, 0.15) is 44.2 Å². The van der Waals surface area contributed by atoms with E-state index in [2.05, 4.69) is 10.4 Å². The van der Waals surface area contributed by atoms with Gasteiger partial charge in [0.1, 0.15) is 5.69 Å². The van der Waals surface area contributed by atoms with Gasteiger partial charge in [0.15, 0.2) is 0 Å². The zero-order valence-electron chi connectivity index (χ0n) is 12.6. The topological polar surface area (TPSA) is 73.0 Å². The lowest BCUT2D eigenvalue weighted by atomic mass is 9.53. The van der Waals surface area contributed by atoms with Crippen LogP contribution in [-0.2, 0) is 7.05 Å². The molecule has 0 spiro atoms. The Morgan fingerprint density at radius 1 is 1.24 bits per heavy atom. The molecular weight excluding hydrogens is 268 g/mol. The van der Waals surface area contributed by atoms with E-state index >= 15 is 0 Å². The van der Waals surface area contributed by atoms with Crippen LogP contribution < -0.4 is 5.32 Å². The Morgan fingerprint density at radius 3 is 2.24 bits per heavy atom. The van der Waals surface area contributed by atoms with Crippen molar-refractivity contribution in [3.05, 3.63) is 15.8 Å². The summed E-state index contributed by atoms with van der Waals surface area (Å²) in [6, 6.07) is 0. The summed E-state index contributed by atoms with van der Waals surface area (Å²) in [6.07, 6.45) is 7.61. The van der Waals surface area contributed by atoms with E-state index in [1.54, 1.807) is 18.7 Å². The van der Waals surface area contributed by atoms with E-state index in [4.69, 9.17) is 0 Å². The van der Waals surface area contributed by atoms with E-state index in [0.717, 1.165) is 17.8 Å². The van der Waals surface area contributed by atoms with E-state index in [9.17, 15) is 10.1 Å². The first-order chi connectivity index (χ1) is 9.96. The van der Waals surface area contributed by atoms with E-state index < -0.39 is 0 Å². The van der Waals surface area contributed by atoms with Crippen LogP contribution >= 0.6 is 0 Å². The molecule has 0 aromatic carbocycles. The highest BCUT2D eigenvalue weighted by atomic mass is 16.6. The molecule has 4 saturated carbocycles. The smallest absolute Gasteiger partial charge is 0.333 e. The van der Waals surface area contributed by atoms with Gasteiger partial charge in [-0.25, -0.2) is 4.68 Å². The summed E-state index contributed by atoms with van der Waals surface area (Å²) in [4.78, 5) is 11.1. The predicted molar refractivity (Wildman–Crippen MR) is 79.1 cm³/mol. The van der Waals surface area contributed by atoms with Crippen molar-refractivity contribution in [1.82, 2.24) is 9.78 Å². The molecule has 0 atom stereocenters. The molecule has 0 aliphatic heterocycles. The summed E-state index contributed by atoms with van der Waals surface area (Å²) >= 11 is 0. The molecule has 0 amide bonds. The maximum atomic E-state index is 11.4. The molecule has 0 saturated heterocycles. The van der Waals surface area contributed by atoms with Crippen LogP contribution in [0.25, 0.3) is 0 Å². The van der Waals surface area contributed by atoms with Crippen LogP contribution in [-0.4, -0.2) is 20.2 Å². The molecule has 0 radical (unpaired) electrons. The lowest BCUT2D eigenvalue weighted by Gasteiger charge is -2.57. The van der Waals surface area contributed by atoms with Crippen LogP contribution in [0, 0.1) is 34.8 Å². The van der Waals surface area contributed by atoms with Gasteiger partial charge in [0.2, 0.25) is 5.82 Å². The number of hydrogen-bond acceptors (Lipinski definition) is 4. The van der Waals surface area contributed by atoms with Gasteiger partial charge in [-0.1, -0.05) is 0 Å². The summed E-state index contributed by atoms with van der Waals surface area (Å²) in [7, 11) is 1.79. The van der Waals surface area contributed by atoms with Crippen molar-refractivity contribution >= 4 is 11.5 Å². The third-order valence-corrected chi connectivity index (χ3v) is 5.79. The standard InChI is InChI=1S/C15H22N4O2/c1-9-13(19(20)21)14(18(2)17-9)16-15-6-10-3-11(7-15)5-12(4-10)8-15/h10-12,16H,3-8H2,1-2H3. The predicted octanol–water partition coefficient (Wildman–Crippen LogP) is 3.02. The summed E-state index contributed by atoms with van der Waals surface area (Å²) in [5, 5.41) is 19.2. The first-order valence-electron chi connectivity index (χ1n) is 7.92. The van der Waals surface area contributed by atoms with Crippen molar-refractivity contribution in [3.8, 4) is 0 Å². The second kappa shape index (κ2) is 4.21. The lowest BCUT2D eigenvalue weighted by molar-refractivity contribution is -0.384. The Hall–Kier alpha value is -1.59. The molecular formula is C15H22N4O2. The fraction of sp³-hybridized carbons (Fsp3) is 0.800. The Morgan fingerprint density at radius 2 is 1.76 bits per heavy atom. The summed E-state index contributed by atoms with van der Waals surface area (Å²) in [6.45, 7) is 1.71. The molecule has 5 rings (SSSR count). The largest absolute Gasteiger partial charge is 0.359 e. The number of nitrogens with zero attached hydrogens (tertiary/aromatic N) is 3. The molecule has 0 unspecified atom stereocenters. The molecule has 4 bridgehead atoms. The summed E-state index contributed by atoms with van der Waals surface area (Å²) in [5.74, 6) is 3.05. The van der Waals surface area contributed by atoms with E-state index in [1.165, 1.54) is 38.5 Å². The second-order valence-electron chi connectivity index (χ2n) is 7.49. The third kappa shape index (κ3) is 1.95. The van der Waals surface area contributed by atoms with Crippen LogP contribution in [0.3, 0.4) is 0 Å².